The van der Waals surface area contributed by atoms with Gasteiger partial charge in [-0.2, -0.15) is 0 Å². The van der Waals surface area contributed by atoms with Crippen LogP contribution in [0.3, 0.4) is 0 Å². The summed E-state index contributed by atoms with van der Waals surface area (Å²) in [6, 6.07) is 10.5. The fourth-order valence-electron chi connectivity index (χ4n) is 1.07. The van der Waals surface area contributed by atoms with Crippen LogP contribution >= 0.6 is 0 Å². The van der Waals surface area contributed by atoms with Crippen molar-refractivity contribution in [2.24, 2.45) is 0 Å². The minimum Gasteiger partial charge on any atom is -0.300 e. The van der Waals surface area contributed by atoms with E-state index in [1.54, 1.807) is 6.92 Å². The standard InChI is InChI=1S/C8H10.C5H10O.C2H5NO2/c1-2-8-6-4-3-5-7-8;1-3-4-5(2)6;1-2-3(4)5/h3-7H,2H2,1H3;3-4H2,1-2H3;2H2,1H3. The molecule has 0 spiro atoms. The number of nitrogens with zero attached hydrogens (tertiary/aromatic N) is 1. The Kier molecular flexibility index (Phi) is 14.8. The summed E-state index contributed by atoms with van der Waals surface area (Å²) in [7, 11) is 0. The van der Waals surface area contributed by atoms with Crippen molar-refractivity contribution in [2.45, 2.75) is 47.0 Å². The number of Topliss-reactive ketones (excluding diaryl/α,β-unsaturated/α-hetero) is 1. The SMILES string of the molecule is CCCC(C)=O.CC[N+](=O)[O-].CCc1ccccc1. The normalized spacial score (nSPS) is 8.42. The quantitative estimate of drug-likeness (QED) is 0.614. The first-order valence-corrected chi connectivity index (χ1v) is 6.62. The van der Waals surface area contributed by atoms with Gasteiger partial charge in [-0.05, 0) is 25.3 Å². The molecule has 0 atom stereocenters. The summed E-state index contributed by atoms with van der Waals surface area (Å²) in [4.78, 5) is 18.8. The molecule has 0 saturated carbocycles. The van der Waals surface area contributed by atoms with Gasteiger partial charge in [0.05, 0.1) is 0 Å². The van der Waals surface area contributed by atoms with Crippen LogP contribution in [0, 0.1) is 10.1 Å². The molecule has 0 bridgehead atoms. The molecule has 0 aliphatic heterocycles. The van der Waals surface area contributed by atoms with E-state index in [2.05, 4.69) is 31.2 Å². The summed E-state index contributed by atoms with van der Waals surface area (Å²) in [5, 5.41) is 9.17. The van der Waals surface area contributed by atoms with Crippen molar-refractivity contribution in [3.05, 3.63) is 46.0 Å². The fraction of sp³-hybridized carbons (Fsp3) is 0.533. The summed E-state index contributed by atoms with van der Waals surface area (Å²) in [5.41, 5.74) is 1.41. The zero-order valence-electron chi connectivity index (χ0n) is 12.4. The van der Waals surface area contributed by atoms with Gasteiger partial charge in [0.15, 0.2) is 0 Å². The highest BCUT2D eigenvalue weighted by molar-refractivity contribution is 5.75. The summed E-state index contributed by atoms with van der Waals surface area (Å²) < 4.78 is 0. The van der Waals surface area contributed by atoms with Crippen molar-refractivity contribution in [1.29, 1.82) is 0 Å². The van der Waals surface area contributed by atoms with Gasteiger partial charge < -0.3 is 4.79 Å². The van der Waals surface area contributed by atoms with Crippen LogP contribution in [0.2, 0.25) is 0 Å². The van der Waals surface area contributed by atoms with Gasteiger partial charge >= 0.3 is 0 Å². The van der Waals surface area contributed by atoms with Gasteiger partial charge in [0.1, 0.15) is 5.78 Å². The van der Waals surface area contributed by atoms with Gasteiger partial charge in [0, 0.05) is 18.3 Å². The minimum atomic E-state index is -0.375. The first-order valence-electron chi connectivity index (χ1n) is 6.62. The topological polar surface area (TPSA) is 60.2 Å². The maximum Gasteiger partial charge on any atom is 0.201 e. The van der Waals surface area contributed by atoms with Crippen molar-refractivity contribution < 1.29 is 9.72 Å². The van der Waals surface area contributed by atoms with Gasteiger partial charge in [0.25, 0.3) is 0 Å². The first kappa shape index (κ1) is 19.6. The number of hydrogen-bond donors (Lipinski definition) is 0. The summed E-state index contributed by atoms with van der Waals surface area (Å²) >= 11 is 0. The number of nitro groups is 1. The molecule has 19 heavy (non-hydrogen) atoms. The molecule has 108 valence electrons. The molecular weight excluding hydrogens is 242 g/mol. The van der Waals surface area contributed by atoms with Crippen molar-refractivity contribution >= 4 is 5.78 Å². The summed E-state index contributed by atoms with van der Waals surface area (Å²) in [6.45, 7) is 7.31. The highest BCUT2D eigenvalue weighted by Gasteiger charge is 1.83. The van der Waals surface area contributed by atoms with Crippen LogP contribution in [-0.4, -0.2) is 17.3 Å². The summed E-state index contributed by atoms with van der Waals surface area (Å²) in [5.74, 6) is 0.289. The van der Waals surface area contributed by atoms with Crippen LogP contribution in [0.25, 0.3) is 0 Å². The number of aryl methyl sites for hydroxylation is 1. The van der Waals surface area contributed by atoms with Crippen LogP contribution in [0.15, 0.2) is 30.3 Å². The van der Waals surface area contributed by atoms with Crippen LogP contribution in [-0.2, 0) is 11.2 Å². The second-order valence-corrected chi connectivity index (χ2v) is 3.94. The molecule has 0 aliphatic carbocycles. The molecular formula is C15H25NO3. The average molecular weight is 267 g/mol. The largest absolute Gasteiger partial charge is 0.300 e. The van der Waals surface area contributed by atoms with Gasteiger partial charge in [-0.15, -0.1) is 0 Å². The molecule has 0 heterocycles. The average Bonchev–Trinajstić information content (AvgIpc) is 2.41. The molecule has 0 aliphatic rings. The Hall–Kier alpha value is -1.71. The molecule has 1 aromatic carbocycles. The Morgan fingerprint density at radius 2 is 1.63 bits per heavy atom. The Bertz CT molecular complexity index is 337. The number of carbonyl (C=O) groups is 1. The highest BCUT2D eigenvalue weighted by atomic mass is 16.6. The molecule has 1 rings (SSSR count). The van der Waals surface area contributed by atoms with Crippen molar-refractivity contribution in [3.8, 4) is 0 Å². The highest BCUT2D eigenvalue weighted by Crippen LogP contribution is 1.96. The van der Waals surface area contributed by atoms with E-state index in [9.17, 15) is 14.9 Å². The predicted molar refractivity (Wildman–Crippen MR) is 78.9 cm³/mol. The lowest BCUT2D eigenvalue weighted by Gasteiger charge is -1.89. The second-order valence-electron chi connectivity index (χ2n) is 3.94. The van der Waals surface area contributed by atoms with E-state index in [4.69, 9.17) is 0 Å². The molecule has 0 saturated heterocycles. The lowest BCUT2D eigenvalue weighted by Crippen LogP contribution is -1.92. The van der Waals surface area contributed by atoms with Gasteiger partial charge in [-0.25, -0.2) is 0 Å². The lowest BCUT2D eigenvalue weighted by atomic mass is 10.2. The van der Waals surface area contributed by atoms with Crippen LogP contribution in [0.4, 0.5) is 0 Å². The Labute approximate surface area is 116 Å². The molecule has 4 nitrogen and oxygen atoms in total. The van der Waals surface area contributed by atoms with Gasteiger partial charge in [-0.1, -0.05) is 44.2 Å². The molecule has 4 heteroatoms. The second kappa shape index (κ2) is 14.4. The lowest BCUT2D eigenvalue weighted by molar-refractivity contribution is -0.475. The smallest absolute Gasteiger partial charge is 0.201 e. The van der Waals surface area contributed by atoms with E-state index in [0.29, 0.717) is 0 Å². The van der Waals surface area contributed by atoms with Crippen LogP contribution in [0.1, 0.15) is 46.1 Å². The van der Waals surface area contributed by atoms with E-state index in [1.807, 2.05) is 13.0 Å². The van der Waals surface area contributed by atoms with Crippen molar-refractivity contribution in [2.75, 3.05) is 6.54 Å². The zero-order valence-corrected chi connectivity index (χ0v) is 12.4. The number of carbonyl (C=O) groups excluding carboxylic acids is 1. The fourth-order valence-corrected chi connectivity index (χ4v) is 1.07. The monoisotopic (exact) mass is 267 g/mol. The van der Waals surface area contributed by atoms with Crippen molar-refractivity contribution in [3.63, 3.8) is 0 Å². The third-order valence-corrected chi connectivity index (χ3v) is 2.11. The van der Waals surface area contributed by atoms with Gasteiger partial charge in [-0.3, -0.25) is 10.1 Å². The minimum absolute atomic E-state index is 0.0278. The summed E-state index contributed by atoms with van der Waals surface area (Å²) in [6.07, 6.45) is 2.86. The Morgan fingerprint density at radius 3 is 1.79 bits per heavy atom. The van der Waals surface area contributed by atoms with Crippen LogP contribution < -0.4 is 0 Å². The maximum atomic E-state index is 10.0. The molecule has 0 N–H and O–H groups in total. The number of hydrogen-bond acceptors (Lipinski definition) is 3. The number of ketones is 1. The molecule has 0 unspecified atom stereocenters. The Morgan fingerprint density at radius 1 is 1.16 bits per heavy atom. The third-order valence-electron chi connectivity index (χ3n) is 2.11. The molecule has 0 amide bonds. The molecule has 0 radical (unpaired) electrons. The molecule has 1 aromatic rings. The Balaban J connectivity index is 0. The van der Waals surface area contributed by atoms with Gasteiger partial charge in [0.2, 0.25) is 6.54 Å². The maximum absolute atomic E-state index is 10.0. The number of rotatable bonds is 4. The van der Waals surface area contributed by atoms with E-state index in [1.165, 1.54) is 12.5 Å². The third kappa shape index (κ3) is 18.8. The molecule has 0 aromatic heterocycles. The number of benzene rings is 1. The predicted octanol–water partition coefficient (Wildman–Crippen LogP) is 3.91. The van der Waals surface area contributed by atoms with E-state index >= 15 is 0 Å². The van der Waals surface area contributed by atoms with E-state index in [-0.39, 0.29) is 17.3 Å². The first-order chi connectivity index (χ1) is 8.97. The zero-order chi connectivity index (χ0) is 15.1. The van der Waals surface area contributed by atoms with Crippen molar-refractivity contribution in [1.82, 2.24) is 0 Å². The van der Waals surface area contributed by atoms with E-state index in [0.717, 1.165) is 19.3 Å². The van der Waals surface area contributed by atoms with Crippen LogP contribution in [0.5, 0.6) is 0 Å². The molecule has 0 fully saturated rings. The van der Waals surface area contributed by atoms with E-state index < -0.39 is 0 Å².